The van der Waals surface area contributed by atoms with Gasteiger partial charge in [0.15, 0.2) is 6.10 Å². The Balaban J connectivity index is 3.99. The Hall–Kier alpha value is -2.37. The van der Waals surface area contributed by atoms with E-state index in [1.165, 1.54) is 263 Å². The lowest BCUT2D eigenvalue weighted by Crippen LogP contribution is -2.30. The summed E-state index contributed by atoms with van der Waals surface area (Å²) in [6.45, 7) is 6.56. The first-order chi connectivity index (χ1) is 38.5. The number of carbonyl (C=O) groups is 3. The first-order valence-electron chi connectivity index (χ1n) is 35.0. The predicted molar refractivity (Wildman–Crippen MR) is 339 cm³/mol. The smallest absolute Gasteiger partial charge is 0.306 e. The lowest BCUT2D eigenvalue weighted by molar-refractivity contribution is -0.167. The van der Waals surface area contributed by atoms with Crippen molar-refractivity contribution in [3.8, 4) is 0 Å². The van der Waals surface area contributed by atoms with Gasteiger partial charge in [0.2, 0.25) is 0 Å². The van der Waals surface area contributed by atoms with Gasteiger partial charge in [-0.05, 0) is 51.4 Å². The number of unbranched alkanes of at least 4 members (excludes halogenated alkanes) is 48. The molecule has 6 heteroatoms. The molecule has 458 valence electrons. The lowest BCUT2D eigenvalue weighted by Gasteiger charge is -2.18. The molecule has 0 aliphatic heterocycles. The van der Waals surface area contributed by atoms with E-state index < -0.39 is 6.10 Å². The number of esters is 3. The summed E-state index contributed by atoms with van der Waals surface area (Å²) in [6, 6.07) is 0. The zero-order valence-corrected chi connectivity index (χ0v) is 52.7. The number of hydrogen-bond donors (Lipinski definition) is 0. The van der Waals surface area contributed by atoms with Crippen molar-refractivity contribution in [2.75, 3.05) is 13.2 Å². The van der Waals surface area contributed by atoms with Gasteiger partial charge in [0.25, 0.3) is 0 Å². The molecular formula is C72H134O6. The highest BCUT2D eigenvalue weighted by molar-refractivity contribution is 5.71. The molecule has 0 heterocycles. The van der Waals surface area contributed by atoms with Crippen molar-refractivity contribution in [3.63, 3.8) is 0 Å². The van der Waals surface area contributed by atoms with Gasteiger partial charge in [-0.15, -0.1) is 0 Å². The molecule has 0 aliphatic rings. The van der Waals surface area contributed by atoms with Gasteiger partial charge in [-0.1, -0.05) is 353 Å². The molecule has 78 heavy (non-hydrogen) atoms. The number of hydrogen-bond acceptors (Lipinski definition) is 6. The van der Waals surface area contributed by atoms with E-state index in [9.17, 15) is 14.4 Å². The molecule has 0 spiro atoms. The predicted octanol–water partition coefficient (Wildman–Crippen LogP) is 23.9. The summed E-state index contributed by atoms with van der Waals surface area (Å²) in [5.41, 5.74) is 0. The van der Waals surface area contributed by atoms with E-state index in [4.69, 9.17) is 14.2 Å². The maximum absolute atomic E-state index is 12.8. The number of allylic oxidation sites excluding steroid dienone is 6. The second-order valence-electron chi connectivity index (χ2n) is 23.8. The minimum Gasteiger partial charge on any atom is -0.462 e. The third-order valence-corrected chi connectivity index (χ3v) is 15.9. The number of carbonyl (C=O) groups excluding carboxylic acids is 3. The van der Waals surface area contributed by atoms with Gasteiger partial charge in [-0.2, -0.15) is 0 Å². The van der Waals surface area contributed by atoms with Crippen LogP contribution in [0.25, 0.3) is 0 Å². The van der Waals surface area contributed by atoms with Crippen LogP contribution in [0.5, 0.6) is 0 Å². The van der Waals surface area contributed by atoms with Crippen molar-refractivity contribution >= 4 is 17.9 Å². The zero-order chi connectivity index (χ0) is 56.4. The van der Waals surface area contributed by atoms with Crippen LogP contribution in [-0.4, -0.2) is 37.2 Å². The summed E-state index contributed by atoms with van der Waals surface area (Å²) in [4.78, 5) is 38.2. The van der Waals surface area contributed by atoms with E-state index in [-0.39, 0.29) is 31.1 Å². The Morgan fingerprint density at radius 3 is 0.782 bits per heavy atom. The third kappa shape index (κ3) is 64.5. The van der Waals surface area contributed by atoms with Crippen LogP contribution in [0.3, 0.4) is 0 Å². The summed E-state index contributed by atoms with van der Waals surface area (Å²) in [5, 5.41) is 0. The topological polar surface area (TPSA) is 78.9 Å². The highest BCUT2D eigenvalue weighted by Crippen LogP contribution is 2.19. The second kappa shape index (κ2) is 67.1. The zero-order valence-electron chi connectivity index (χ0n) is 52.7. The molecule has 0 bridgehead atoms. The van der Waals surface area contributed by atoms with E-state index in [1.807, 2.05) is 0 Å². The van der Waals surface area contributed by atoms with Gasteiger partial charge in [0.05, 0.1) is 0 Å². The molecule has 1 unspecified atom stereocenters. The first kappa shape index (κ1) is 75.6. The van der Waals surface area contributed by atoms with Crippen LogP contribution in [0, 0.1) is 0 Å². The molecule has 0 radical (unpaired) electrons. The lowest BCUT2D eigenvalue weighted by atomic mass is 10.0. The monoisotopic (exact) mass is 1100 g/mol. The van der Waals surface area contributed by atoms with Gasteiger partial charge in [-0.3, -0.25) is 14.4 Å². The largest absolute Gasteiger partial charge is 0.462 e. The number of ether oxygens (including phenoxy) is 3. The molecule has 6 nitrogen and oxygen atoms in total. The van der Waals surface area contributed by atoms with E-state index in [1.54, 1.807) is 0 Å². The van der Waals surface area contributed by atoms with Crippen molar-refractivity contribution < 1.29 is 28.6 Å². The van der Waals surface area contributed by atoms with E-state index >= 15 is 0 Å². The maximum Gasteiger partial charge on any atom is 0.306 e. The second-order valence-corrected chi connectivity index (χ2v) is 23.8. The molecule has 0 saturated heterocycles. The van der Waals surface area contributed by atoms with Gasteiger partial charge < -0.3 is 14.2 Å². The average Bonchev–Trinajstić information content (AvgIpc) is 3.44. The molecule has 0 fully saturated rings. The fourth-order valence-corrected chi connectivity index (χ4v) is 10.7. The Kier molecular flexibility index (Phi) is 65.1. The normalized spacial score (nSPS) is 12.2. The van der Waals surface area contributed by atoms with Gasteiger partial charge >= 0.3 is 17.9 Å². The molecule has 0 N–H and O–H groups in total. The molecule has 0 aliphatic carbocycles. The van der Waals surface area contributed by atoms with Crippen molar-refractivity contribution in [1.29, 1.82) is 0 Å². The highest BCUT2D eigenvalue weighted by Gasteiger charge is 2.19. The first-order valence-corrected chi connectivity index (χ1v) is 35.0. The van der Waals surface area contributed by atoms with E-state index in [0.29, 0.717) is 19.3 Å². The van der Waals surface area contributed by atoms with Crippen LogP contribution in [0.1, 0.15) is 387 Å². The Morgan fingerprint density at radius 1 is 0.269 bits per heavy atom. The minimum atomic E-state index is -0.784. The summed E-state index contributed by atoms with van der Waals surface area (Å²) >= 11 is 0. The van der Waals surface area contributed by atoms with E-state index in [2.05, 4.69) is 57.2 Å². The van der Waals surface area contributed by atoms with Crippen molar-refractivity contribution in [2.45, 2.75) is 393 Å². The third-order valence-electron chi connectivity index (χ3n) is 15.9. The molecule has 0 aromatic heterocycles. The minimum absolute atomic E-state index is 0.0791. The van der Waals surface area contributed by atoms with E-state index in [0.717, 1.165) is 83.5 Å². The van der Waals surface area contributed by atoms with Crippen LogP contribution < -0.4 is 0 Å². The van der Waals surface area contributed by atoms with Crippen LogP contribution in [0.2, 0.25) is 0 Å². The fourth-order valence-electron chi connectivity index (χ4n) is 10.7. The SMILES string of the molecule is CC/C=C\C/C=C\C/C=C\CCCCCC(=O)OC(COC(=O)CCCCCCCCCCCCCC)COC(=O)CCCCCCCCCCCCCCCCCCCCCCCCCCCCCCCCCCCCC. The molecule has 0 rings (SSSR count). The van der Waals surface area contributed by atoms with Crippen molar-refractivity contribution in [1.82, 2.24) is 0 Å². The molecule has 1 atom stereocenters. The summed E-state index contributed by atoms with van der Waals surface area (Å²) in [6.07, 6.45) is 83.6. The van der Waals surface area contributed by atoms with Crippen LogP contribution in [0.4, 0.5) is 0 Å². The molecule has 0 saturated carbocycles. The summed E-state index contributed by atoms with van der Waals surface area (Å²) < 4.78 is 16.9. The Labute approximate surface area is 486 Å². The van der Waals surface area contributed by atoms with Crippen LogP contribution in [0.15, 0.2) is 36.5 Å². The van der Waals surface area contributed by atoms with Crippen LogP contribution >= 0.6 is 0 Å². The summed E-state index contributed by atoms with van der Waals surface area (Å²) in [5.74, 6) is -0.887. The maximum atomic E-state index is 12.8. The quantitative estimate of drug-likeness (QED) is 0.0261. The number of rotatable bonds is 65. The van der Waals surface area contributed by atoms with Gasteiger partial charge in [0.1, 0.15) is 13.2 Å². The van der Waals surface area contributed by atoms with Gasteiger partial charge in [0, 0.05) is 19.3 Å². The van der Waals surface area contributed by atoms with Gasteiger partial charge in [-0.25, -0.2) is 0 Å². The van der Waals surface area contributed by atoms with Crippen molar-refractivity contribution in [2.24, 2.45) is 0 Å². The molecule has 0 aromatic rings. The Morgan fingerprint density at radius 2 is 0.500 bits per heavy atom. The van der Waals surface area contributed by atoms with Crippen LogP contribution in [-0.2, 0) is 28.6 Å². The molecular weight excluding hydrogens is 961 g/mol. The molecule has 0 aromatic carbocycles. The standard InChI is InChI=1S/C72H134O6/c1-4-7-10-13-16-19-22-25-26-27-28-29-30-31-32-33-34-35-36-37-38-39-40-41-42-43-44-45-46-48-50-53-56-59-62-65-71(74)77-68-69(67-76-70(73)64-61-58-55-52-49-24-21-18-15-12-9-6-3)78-72(75)66-63-60-57-54-51-47-23-20-17-14-11-8-5-2/h8,11,17,20,47,51,69H,4-7,9-10,12-16,18-19,21-46,48-50,52-68H2,1-3H3/b11-8-,20-17-,51-47-. The summed E-state index contributed by atoms with van der Waals surface area (Å²) in [7, 11) is 0. The fraction of sp³-hybridized carbons (Fsp3) is 0.875. The Bertz CT molecular complexity index is 1300. The molecule has 0 amide bonds. The average molecular weight is 1100 g/mol. The van der Waals surface area contributed by atoms with Crippen molar-refractivity contribution in [3.05, 3.63) is 36.5 Å². The highest BCUT2D eigenvalue weighted by atomic mass is 16.6.